The van der Waals surface area contributed by atoms with Crippen LogP contribution in [0.3, 0.4) is 0 Å². The van der Waals surface area contributed by atoms with Gasteiger partial charge in [0.05, 0.1) is 0 Å². The molecule has 0 fully saturated rings. The molecule has 0 spiro atoms. The van der Waals surface area contributed by atoms with Crippen LogP contribution < -0.4 is 0 Å². The molecule has 0 aliphatic heterocycles. The SMILES string of the molecule is C=C/C=C\C.CCCCCC. The van der Waals surface area contributed by atoms with Crippen molar-refractivity contribution in [3.05, 3.63) is 24.8 Å². The zero-order chi connectivity index (χ0) is 8.95. The van der Waals surface area contributed by atoms with Crippen molar-refractivity contribution in [1.82, 2.24) is 0 Å². The van der Waals surface area contributed by atoms with Crippen molar-refractivity contribution in [2.75, 3.05) is 0 Å². The first kappa shape index (κ1) is 13.1. The molecular weight excluding hydrogens is 132 g/mol. The molecule has 0 saturated heterocycles. The summed E-state index contributed by atoms with van der Waals surface area (Å²) in [6.07, 6.45) is 11.1. The van der Waals surface area contributed by atoms with Crippen molar-refractivity contribution in [1.29, 1.82) is 0 Å². The van der Waals surface area contributed by atoms with Gasteiger partial charge in [0.15, 0.2) is 0 Å². The summed E-state index contributed by atoms with van der Waals surface area (Å²) in [5.41, 5.74) is 0. The van der Waals surface area contributed by atoms with Crippen LogP contribution in [0.15, 0.2) is 24.8 Å². The summed E-state index contributed by atoms with van der Waals surface area (Å²) in [4.78, 5) is 0. The first-order valence-electron chi connectivity index (χ1n) is 4.57. The van der Waals surface area contributed by atoms with Crippen molar-refractivity contribution in [2.24, 2.45) is 0 Å². The van der Waals surface area contributed by atoms with Gasteiger partial charge in [-0.2, -0.15) is 0 Å². The lowest BCUT2D eigenvalue weighted by Gasteiger charge is -1.86. The molecule has 0 atom stereocenters. The Bertz CT molecular complexity index is 76.0. The molecule has 0 heterocycles. The molecule has 66 valence electrons. The summed E-state index contributed by atoms with van der Waals surface area (Å²) in [6.45, 7) is 9.89. The van der Waals surface area contributed by atoms with Crippen LogP contribution in [0.4, 0.5) is 0 Å². The van der Waals surface area contributed by atoms with Crippen LogP contribution in [0.25, 0.3) is 0 Å². The smallest absolute Gasteiger partial charge is 0.0467 e. The van der Waals surface area contributed by atoms with Crippen molar-refractivity contribution in [2.45, 2.75) is 46.5 Å². The Kier molecular flexibility index (Phi) is 19.3. The van der Waals surface area contributed by atoms with E-state index in [-0.39, 0.29) is 0 Å². The molecule has 0 saturated carbocycles. The summed E-state index contributed by atoms with van der Waals surface area (Å²) >= 11 is 0. The molecule has 0 aromatic heterocycles. The average molecular weight is 154 g/mol. The fraction of sp³-hybridized carbons (Fsp3) is 0.636. The molecule has 11 heavy (non-hydrogen) atoms. The molecule has 0 amide bonds. The van der Waals surface area contributed by atoms with E-state index in [4.69, 9.17) is 0 Å². The Balaban J connectivity index is 0. The third-order valence-corrected chi connectivity index (χ3v) is 1.29. The highest BCUT2D eigenvalue weighted by Gasteiger charge is 1.75. The molecule has 0 aliphatic carbocycles. The molecule has 0 unspecified atom stereocenters. The Morgan fingerprint density at radius 2 is 1.55 bits per heavy atom. The molecule has 0 aromatic carbocycles. The first-order valence-corrected chi connectivity index (χ1v) is 4.57. The van der Waals surface area contributed by atoms with Gasteiger partial charge < -0.3 is 0 Å². The van der Waals surface area contributed by atoms with Gasteiger partial charge in [-0.15, -0.1) is 0 Å². The minimum absolute atomic E-state index is 1.36. The van der Waals surface area contributed by atoms with E-state index in [1.165, 1.54) is 25.7 Å². The maximum absolute atomic E-state index is 3.46. The van der Waals surface area contributed by atoms with E-state index < -0.39 is 0 Å². The number of allylic oxidation sites excluding steroid dienone is 3. The average Bonchev–Trinajstić information content (AvgIpc) is 2.04. The van der Waals surface area contributed by atoms with Gasteiger partial charge in [0.2, 0.25) is 0 Å². The van der Waals surface area contributed by atoms with Gasteiger partial charge in [0.25, 0.3) is 0 Å². The molecule has 0 aromatic rings. The van der Waals surface area contributed by atoms with Crippen molar-refractivity contribution < 1.29 is 0 Å². The van der Waals surface area contributed by atoms with Gasteiger partial charge in [-0.1, -0.05) is 64.3 Å². The summed E-state index contributed by atoms with van der Waals surface area (Å²) in [6, 6.07) is 0. The zero-order valence-corrected chi connectivity index (χ0v) is 8.27. The molecule has 0 heteroatoms. The fourth-order valence-electron chi connectivity index (χ4n) is 0.636. The van der Waals surface area contributed by atoms with E-state index in [9.17, 15) is 0 Å². The summed E-state index contributed by atoms with van der Waals surface area (Å²) < 4.78 is 0. The highest BCUT2D eigenvalue weighted by molar-refractivity contribution is 4.94. The minimum Gasteiger partial charge on any atom is -0.0991 e. The quantitative estimate of drug-likeness (QED) is 0.417. The Morgan fingerprint density at radius 1 is 1.09 bits per heavy atom. The van der Waals surface area contributed by atoms with E-state index >= 15 is 0 Å². The van der Waals surface area contributed by atoms with Crippen LogP contribution >= 0.6 is 0 Å². The monoisotopic (exact) mass is 154 g/mol. The highest BCUT2D eigenvalue weighted by Crippen LogP contribution is 1.95. The second-order valence-electron chi connectivity index (χ2n) is 2.47. The number of unbranched alkanes of at least 4 members (excludes halogenated alkanes) is 3. The second kappa shape index (κ2) is 16.2. The van der Waals surface area contributed by atoms with Crippen molar-refractivity contribution in [3.63, 3.8) is 0 Å². The number of hydrogen-bond acceptors (Lipinski definition) is 0. The molecular formula is C11H22. The molecule has 0 radical (unpaired) electrons. The molecule has 0 nitrogen and oxygen atoms in total. The normalized spacial score (nSPS) is 9.00. The van der Waals surface area contributed by atoms with Gasteiger partial charge >= 0.3 is 0 Å². The topological polar surface area (TPSA) is 0 Å². The fourth-order valence-corrected chi connectivity index (χ4v) is 0.636. The van der Waals surface area contributed by atoms with E-state index in [1.807, 2.05) is 19.1 Å². The lowest BCUT2D eigenvalue weighted by Crippen LogP contribution is -1.66. The largest absolute Gasteiger partial charge is 0.0991 e. The maximum Gasteiger partial charge on any atom is -0.0467 e. The Labute approximate surface area is 72.0 Å². The van der Waals surface area contributed by atoms with Crippen LogP contribution in [0.5, 0.6) is 0 Å². The summed E-state index contributed by atoms with van der Waals surface area (Å²) in [5.74, 6) is 0. The van der Waals surface area contributed by atoms with E-state index in [1.54, 1.807) is 6.08 Å². The van der Waals surface area contributed by atoms with Gasteiger partial charge in [-0.05, 0) is 6.92 Å². The predicted molar refractivity (Wildman–Crippen MR) is 54.8 cm³/mol. The van der Waals surface area contributed by atoms with Crippen molar-refractivity contribution in [3.8, 4) is 0 Å². The third-order valence-electron chi connectivity index (χ3n) is 1.29. The van der Waals surface area contributed by atoms with Gasteiger partial charge in [0.1, 0.15) is 0 Å². The minimum atomic E-state index is 1.36. The molecule has 0 aliphatic rings. The standard InChI is InChI=1S/C6H14.C5H8/c1-3-5-6-4-2;1-3-5-4-2/h3-6H2,1-2H3;3-5H,1H2,2H3/b;5-4-. The van der Waals surface area contributed by atoms with Crippen LogP contribution in [0.2, 0.25) is 0 Å². The van der Waals surface area contributed by atoms with E-state index in [0.717, 1.165) is 0 Å². The summed E-state index contributed by atoms with van der Waals surface area (Å²) in [7, 11) is 0. The lowest BCUT2D eigenvalue weighted by molar-refractivity contribution is 0.702. The highest BCUT2D eigenvalue weighted by atomic mass is 13.8. The molecule has 0 rings (SSSR count). The van der Waals surface area contributed by atoms with E-state index in [2.05, 4.69) is 20.4 Å². The zero-order valence-electron chi connectivity index (χ0n) is 8.27. The molecule has 0 bridgehead atoms. The van der Waals surface area contributed by atoms with Crippen LogP contribution in [0, 0.1) is 0 Å². The summed E-state index contributed by atoms with van der Waals surface area (Å²) in [5, 5.41) is 0. The third kappa shape index (κ3) is 26.4. The maximum atomic E-state index is 3.46. The van der Waals surface area contributed by atoms with Crippen LogP contribution in [-0.2, 0) is 0 Å². The van der Waals surface area contributed by atoms with Gasteiger partial charge in [-0.25, -0.2) is 0 Å². The lowest BCUT2D eigenvalue weighted by atomic mass is 10.2. The van der Waals surface area contributed by atoms with Gasteiger partial charge in [-0.3, -0.25) is 0 Å². The Morgan fingerprint density at radius 3 is 1.64 bits per heavy atom. The second-order valence-corrected chi connectivity index (χ2v) is 2.47. The van der Waals surface area contributed by atoms with Crippen molar-refractivity contribution >= 4 is 0 Å². The van der Waals surface area contributed by atoms with Crippen LogP contribution in [-0.4, -0.2) is 0 Å². The van der Waals surface area contributed by atoms with Gasteiger partial charge in [0, 0.05) is 0 Å². The first-order chi connectivity index (χ1) is 5.33. The Hall–Kier alpha value is -0.520. The molecule has 0 N–H and O–H groups in total. The predicted octanol–water partition coefficient (Wildman–Crippen LogP) is 4.34. The van der Waals surface area contributed by atoms with Crippen LogP contribution in [0.1, 0.15) is 46.5 Å². The number of rotatable bonds is 4. The van der Waals surface area contributed by atoms with E-state index in [0.29, 0.717) is 0 Å². The number of hydrogen-bond donors (Lipinski definition) is 0.